The van der Waals surface area contributed by atoms with Crippen LogP contribution in [0.2, 0.25) is 4.47 Å². The minimum atomic E-state index is 0.611. The van der Waals surface area contributed by atoms with Gasteiger partial charge in [-0.25, -0.2) is 4.98 Å². The molecular formula is C8H11ClN2OS. The number of rotatable bonds is 1. The minimum absolute atomic E-state index is 0.611. The van der Waals surface area contributed by atoms with Gasteiger partial charge >= 0.3 is 0 Å². The van der Waals surface area contributed by atoms with Crippen molar-refractivity contribution in [1.82, 2.24) is 4.98 Å². The van der Waals surface area contributed by atoms with Crippen molar-refractivity contribution in [3.05, 3.63) is 9.85 Å². The maximum Gasteiger partial charge on any atom is 0.185 e. The van der Waals surface area contributed by atoms with Gasteiger partial charge in [-0.15, -0.1) is 11.3 Å². The van der Waals surface area contributed by atoms with E-state index in [9.17, 15) is 0 Å². The number of thiazole rings is 1. The summed E-state index contributed by atoms with van der Waals surface area (Å²) >= 11 is 7.25. The Morgan fingerprint density at radius 3 is 3.15 bits per heavy atom. The Morgan fingerprint density at radius 1 is 1.46 bits per heavy atom. The highest BCUT2D eigenvalue weighted by Gasteiger charge is 2.12. The van der Waals surface area contributed by atoms with Crippen LogP contribution in [-0.4, -0.2) is 31.3 Å². The van der Waals surface area contributed by atoms with Crippen LogP contribution >= 0.6 is 22.9 Å². The second kappa shape index (κ2) is 4.26. The number of nitrogens with zero attached hydrogens (tertiary/aromatic N) is 2. The van der Waals surface area contributed by atoms with Crippen molar-refractivity contribution in [3.63, 3.8) is 0 Å². The fraction of sp³-hybridized carbons (Fsp3) is 0.625. The third kappa shape index (κ3) is 2.33. The summed E-state index contributed by atoms with van der Waals surface area (Å²) < 4.78 is 5.97. The molecule has 0 N–H and O–H groups in total. The summed E-state index contributed by atoms with van der Waals surface area (Å²) in [5.41, 5.74) is 0. The molecular weight excluding hydrogens is 208 g/mol. The standard InChI is InChI=1S/C8H11ClN2OS/c9-8-10-7(6-13-8)11-2-1-4-12-5-3-11/h6H,1-5H2. The molecule has 1 fully saturated rings. The Hall–Kier alpha value is -0.320. The first-order valence-electron chi connectivity index (χ1n) is 4.30. The molecule has 0 aliphatic carbocycles. The van der Waals surface area contributed by atoms with E-state index in [0.717, 1.165) is 38.5 Å². The van der Waals surface area contributed by atoms with Crippen LogP contribution in [0, 0.1) is 0 Å². The molecule has 1 aliphatic heterocycles. The Labute approximate surface area is 86.3 Å². The van der Waals surface area contributed by atoms with Crippen molar-refractivity contribution < 1.29 is 4.74 Å². The Balaban J connectivity index is 2.06. The van der Waals surface area contributed by atoms with E-state index in [1.165, 1.54) is 11.3 Å². The number of aromatic nitrogens is 1. The highest BCUT2D eigenvalue weighted by Crippen LogP contribution is 2.22. The van der Waals surface area contributed by atoms with Gasteiger partial charge in [0, 0.05) is 25.1 Å². The first-order valence-corrected chi connectivity index (χ1v) is 5.56. The van der Waals surface area contributed by atoms with E-state index in [2.05, 4.69) is 9.88 Å². The molecule has 1 saturated heterocycles. The van der Waals surface area contributed by atoms with Crippen molar-refractivity contribution in [2.45, 2.75) is 6.42 Å². The van der Waals surface area contributed by atoms with Gasteiger partial charge in [-0.1, -0.05) is 11.6 Å². The van der Waals surface area contributed by atoms with E-state index >= 15 is 0 Å². The molecule has 0 unspecified atom stereocenters. The van der Waals surface area contributed by atoms with Crippen LogP contribution in [0.25, 0.3) is 0 Å². The SMILES string of the molecule is Clc1nc(N2CCCOCC2)cs1. The summed E-state index contributed by atoms with van der Waals surface area (Å²) in [5.74, 6) is 0.987. The number of hydrogen-bond donors (Lipinski definition) is 0. The zero-order valence-electron chi connectivity index (χ0n) is 7.20. The zero-order chi connectivity index (χ0) is 9.10. The highest BCUT2D eigenvalue weighted by atomic mass is 35.5. The maximum absolute atomic E-state index is 5.77. The van der Waals surface area contributed by atoms with Crippen LogP contribution in [0.5, 0.6) is 0 Å². The van der Waals surface area contributed by atoms with Gasteiger partial charge in [0.1, 0.15) is 5.82 Å². The van der Waals surface area contributed by atoms with Gasteiger partial charge in [-0.3, -0.25) is 0 Å². The van der Waals surface area contributed by atoms with E-state index in [4.69, 9.17) is 16.3 Å². The lowest BCUT2D eigenvalue weighted by Crippen LogP contribution is -2.25. The van der Waals surface area contributed by atoms with Gasteiger partial charge in [-0.2, -0.15) is 0 Å². The molecule has 13 heavy (non-hydrogen) atoms. The van der Waals surface area contributed by atoms with Gasteiger partial charge in [0.25, 0.3) is 0 Å². The van der Waals surface area contributed by atoms with Crippen LogP contribution in [0.1, 0.15) is 6.42 Å². The smallest absolute Gasteiger partial charge is 0.185 e. The lowest BCUT2D eigenvalue weighted by atomic mass is 10.4. The Morgan fingerprint density at radius 2 is 2.38 bits per heavy atom. The first kappa shape index (κ1) is 9.24. The lowest BCUT2D eigenvalue weighted by Gasteiger charge is -2.18. The summed E-state index contributed by atoms with van der Waals surface area (Å²) in [4.78, 5) is 6.45. The normalized spacial score (nSPS) is 18.7. The average molecular weight is 219 g/mol. The second-order valence-electron chi connectivity index (χ2n) is 2.91. The predicted molar refractivity (Wildman–Crippen MR) is 54.8 cm³/mol. The molecule has 2 rings (SSSR count). The highest BCUT2D eigenvalue weighted by molar-refractivity contribution is 7.14. The minimum Gasteiger partial charge on any atom is -0.380 e. The van der Waals surface area contributed by atoms with E-state index < -0.39 is 0 Å². The van der Waals surface area contributed by atoms with Gasteiger partial charge in [0.2, 0.25) is 0 Å². The molecule has 5 heteroatoms. The monoisotopic (exact) mass is 218 g/mol. The predicted octanol–water partition coefficient (Wildman–Crippen LogP) is 2.02. The first-order chi connectivity index (χ1) is 6.36. The molecule has 1 aromatic rings. The van der Waals surface area contributed by atoms with Crippen molar-refractivity contribution in [2.75, 3.05) is 31.2 Å². The van der Waals surface area contributed by atoms with Gasteiger partial charge < -0.3 is 9.64 Å². The molecule has 0 amide bonds. The van der Waals surface area contributed by atoms with Crippen LogP contribution < -0.4 is 4.90 Å². The molecule has 0 saturated carbocycles. The van der Waals surface area contributed by atoms with Gasteiger partial charge in [0.05, 0.1) is 6.61 Å². The Bertz CT molecular complexity index is 271. The summed E-state index contributed by atoms with van der Waals surface area (Å²) in [6.07, 6.45) is 1.06. The largest absolute Gasteiger partial charge is 0.380 e. The summed E-state index contributed by atoms with van der Waals surface area (Å²) in [7, 11) is 0. The van der Waals surface area contributed by atoms with Gasteiger partial charge in [0.15, 0.2) is 4.47 Å². The second-order valence-corrected chi connectivity index (χ2v) is 4.35. The molecule has 72 valence electrons. The molecule has 0 radical (unpaired) electrons. The molecule has 0 spiro atoms. The molecule has 0 bridgehead atoms. The van der Waals surface area contributed by atoms with Crippen LogP contribution in [0.4, 0.5) is 5.82 Å². The van der Waals surface area contributed by atoms with Crippen molar-refractivity contribution in [1.29, 1.82) is 0 Å². The number of halogens is 1. The number of ether oxygens (including phenoxy) is 1. The molecule has 1 aliphatic rings. The third-order valence-corrected chi connectivity index (χ3v) is 2.98. The van der Waals surface area contributed by atoms with E-state index in [-0.39, 0.29) is 0 Å². The maximum atomic E-state index is 5.77. The summed E-state index contributed by atoms with van der Waals surface area (Å²) in [6, 6.07) is 0. The molecule has 1 aromatic heterocycles. The van der Waals surface area contributed by atoms with Crippen molar-refractivity contribution in [2.24, 2.45) is 0 Å². The Kier molecular flexibility index (Phi) is 3.03. The number of hydrogen-bond acceptors (Lipinski definition) is 4. The zero-order valence-corrected chi connectivity index (χ0v) is 8.77. The quantitative estimate of drug-likeness (QED) is 0.721. The van der Waals surface area contributed by atoms with Crippen molar-refractivity contribution >= 4 is 28.8 Å². The topological polar surface area (TPSA) is 25.4 Å². The summed E-state index contributed by atoms with van der Waals surface area (Å²) in [6.45, 7) is 3.57. The van der Waals surface area contributed by atoms with Gasteiger partial charge in [-0.05, 0) is 6.42 Å². The fourth-order valence-electron chi connectivity index (χ4n) is 1.36. The van der Waals surface area contributed by atoms with Crippen LogP contribution in [0.3, 0.4) is 0 Å². The third-order valence-electron chi connectivity index (χ3n) is 2.01. The van der Waals surface area contributed by atoms with Crippen LogP contribution in [-0.2, 0) is 4.74 Å². The number of anilines is 1. The molecule has 0 atom stereocenters. The van der Waals surface area contributed by atoms with Crippen molar-refractivity contribution in [3.8, 4) is 0 Å². The van der Waals surface area contributed by atoms with Crippen LogP contribution in [0.15, 0.2) is 5.38 Å². The fourth-order valence-corrected chi connectivity index (χ4v) is 2.14. The molecule has 3 nitrogen and oxygen atoms in total. The molecule has 2 heterocycles. The average Bonchev–Trinajstić information content (AvgIpc) is 2.43. The van der Waals surface area contributed by atoms with E-state index in [0.29, 0.717) is 4.47 Å². The summed E-state index contributed by atoms with van der Waals surface area (Å²) in [5, 5.41) is 1.99. The van der Waals surface area contributed by atoms with E-state index in [1.807, 2.05) is 5.38 Å². The van der Waals surface area contributed by atoms with E-state index in [1.54, 1.807) is 0 Å². The lowest BCUT2D eigenvalue weighted by molar-refractivity contribution is 0.152. The molecule has 0 aromatic carbocycles.